The molecule has 1 aliphatic rings. The average molecular weight is 356 g/mol. The molecule has 26 heavy (non-hydrogen) atoms. The molecule has 0 aliphatic carbocycles. The third-order valence-corrected chi connectivity index (χ3v) is 4.69. The number of amides is 2. The molecule has 0 saturated carbocycles. The highest BCUT2D eigenvalue weighted by Crippen LogP contribution is 2.23. The van der Waals surface area contributed by atoms with Crippen LogP contribution in [0.4, 0.5) is 10.6 Å². The summed E-state index contributed by atoms with van der Waals surface area (Å²) in [5.41, 5.74) is 1.27. The minimum atomic E-state index is -0.258. The van der Waals surface area contributed by atoms with Gasteiger partial charge in [0.15, 0.2) is 0 Å². The topological polar surface area (TPSA) is 92.3 Å². The van der Waals surface area contributed by atoms with Crippen molar-refractivity contribution in [2.75, 3.05) is 25.5 Å². The van der Waals surface area contributed by atoms with Crippen LogP contribution in [0.5, 0.6) is 5.88 Å². The summed E-state index contributed by atoms with van der Waals surface area (Å²) in [4.78, 5) is 26.6. The Labute approximate surface area is 153 Å². The fourth-order valence-electron chi connectivity index (χ4n) is 3.14. The highest BCUT2D eigenvalue weighted by Gasteiger charge is 2.24. The first-order valence-corrected chi connectivity index (χ1v) is 8.73. The van der Waals surface area contributed by atoms with Crippen LogP contribution >= 0.6 is 0 Å². The summed E-state index contributed by atoms with van der Waals surface area (Å²) in [6.45, 7) is 4.09. The van der Waals surface area contributed by atoms with E-state index in [4.69, 9.17) is 4.74 Å². The lowest BCUT2D eigenvalue weighted by Gasteiger charge is -2.36. The van der Waals surface area contributed by atoms with Crippen LogP contribution in [0.2, 0.25) is 0 Å². The largest absolute Gasteiger partial charge is 0.481 e. The van der Waals surface area contributed by atoms with Crippen molar-refractivity contribution >= 4 is 11.8 Å². The van der Waals surface area contributed by atoms with E-state index in [9.17, 15) is 4.79 Å². The average Bonchev–Trinajstić information content (AvgIpc) is 2.69. The Balaban J connectivity index is 1.47. The highest BCUT2D eigenvalue weighted by molar-refractivity contribution is 5.88. The zero-order chi connectivity index (χ0) is 18.4. The smallest absolute Gasteiger partial charge is 0.320 e. The zero-order valence-corrected chi connectivity index (χ0v) is 15.1. The predicted octanol–water partition coefficient (Wildman–Crippen LogP) is 2.23. The van der Waals surface area contributed by atoms with Gasteiger partial charge >= 0.3 is 6.03 Å². The number of methoxy groups -OCH3 is 1. The van der Waals surface area contributed by atoms with E-state index in [1.807, 2.05) is 12.4 Å². The van der Waals surface area contributed by atoms with Crippen LogP contribution in [0.3, 0.4) is 0 Å². The lowest BCUT2D eigenvalue weighted by Crippen LogP contribution is -2.46. The van der Waals surface area contributed by atoms with Crippen LogP contribution < -0.4 is 15.4 Å². The van der Waals surface area contributed by atoms with Crippen LogP contribution in [0, 0.1) is 0 Å². The number of likely N-dealkylation sites (tertiary alicyclic amines) is 1. The molecule has 1 aliphatic heterocycles. The number of piperidine rings is 1. The van der Waals surface area contributed by atoms with Gasteiger partial charge in [0.1, 0.15) is 12.1 Å². The van der Waals surface area contributed by atoms with E-state index in [0.717, 1.165) is 25.9 Å². The van der Waals surface area contributed by atoms with E-state index >= 15 is 0 Å². The molecule has 2 N–H and O–H groups in total. The van der Waals surface area contributed by atoms with Crippen molar-refractivity contribution in [1.29, 1.82) is 0 Å². The molecule has 2 aromatic rings. The van der Waals surface area contributed by atoms with Crippen LogP contribution in [-0.2, 0) is 0 Å². The van der Waals surface area contributed by atoms with Gasteiger partial charge in [0, 0.05) is 43.6 Å². The number of aromatic nitrogens is 3. The second-order valence-electron chi connectivity index (χ2n) is 6.31. The summed E-state index contributed by atoms with van der Waals surface area (Å²) in [5, 5.41) is 5.74. The SMILES string of the molecule is COc1cc(NC(=O)NC2CCN(C(C)c3ccncc3)CC2)ncn1. The Hall–Kier alpha value is -2.74. The second-order valence-corrected chi connectivity index (χ2v) is 6.31. The summed E-state index contributed by atoms with van der Waals surface area (Å²) >= 11 is 0. The van der Waals surface area contributed by atoms with Crippen molar-refractivity contribution in [3.8, 4) is 5.88 Å². The van der Waals surface area contributed by atoms with Crippen molar-refractivity contribution in [2.45, 2.75) is 31.8 Å². The number of rotatable bonds is 5. The van der Waals surface area contributed by atoms with Crippen LogP contribution in [-0.4, -0.2) is 52.1 Å². The molecule has 3 rings (SSSR count). The van der Waals surface area contributed by atoms with E-state index in [1.54, 1.807) is 6.07 Å². The highest BCUT2D eigenvalue weighted by atomic mass is 16.5. The van der Waals surface area contributed by atoms with E-state index in [-0.39, 0.29) is 12.1 Å². The van der Waals surface area contributed by atoms with Gasteiger partial charge in [0.05, 0.1) is 7.11 Å². The molecule has 2 aromatic heterocycles. The molecule has 0 aromatic carbocycles. The normalized spacial score (nSPS) is 16.7. The molecule has 1 saturated heterocycles. The summed E-state index contributed by atoms with van der Waals surface area (Å²) < 4.78 is 5.02. The lowest BCUT2D eigenvalue weighted by molar-refractivity contribution is 0.154. The number of hydrogen-bond donors (Lipinski definition) is 2. The Bertz CT molecular complexity index is 719. The number of anilines is 1. The molecule has 3 heterocycles. The minimum Gasteiger partial charge on any atom is -0.481 e. The fraction of sp³-hybridized carbons (Fsp3) is 0.444. The number of nitrogens with one attached hydrogen (secondary N) is 2. The molecule has 0 radical (unpaired) electrons. The Morgan fingerprint density at radius 1 is 1.27 bits per heavy atom. The standard InChI is InChI=1S/C18H24N6O2/c1-13(14-3-7-19-8-4-14)24-9-5-15(6-10-24)22-18(25)23-16-11-17(26-2)21-12-20-16/h3-4,7-8,11-13,15H,5-6,9-10H2,1-2H3,(H2,20,21,22,23,25). The Kier molecular flexibility index (Phi) is 5.96. The monoisotopic (exact) mass is 356 g/mol. The first-order valence-electron chi connectivity index (χ1n) is 8.73. The van der Waals surface area contributed by atoms with Gasteiger partial charge in [-0.2, -0.15) is 0 Å². The minimum absolute atomic E-state index is 0.152. The maximum atomic E-state index is 12.2. The van der Waals surface area contributed by atoms with E-state index in [0.29, 0.717) is 17.7 Å². The number of carbonyl (C=O) groups excluding carboxylic acids is 1. The van der Waals surface area contributed by atoms with E-state index in [1.165, 1.54) is 19.0 Å². The van der Waals surface area contributed by atoms with Crippen LogP contribution in [0.1, 0.15) is 31.4 Å². The van der Waals surface area contributed by atoms with Gasteiger partial charge in [-0.15, -0.1) is 0 Å². The molecule has 8 heteroatoms. The van der Waals surface area contributed by atoms with Crippen molar-refractivity contribution in [3.63, 3.8) is 0 Å². The summed E-state index contributed by atoms with van der Waals surface area (Å²) in [7, 11) is 1.52. The van der Waals surface area contributed by atoms with Crippen molar-refractivity contribution in [2.24, 2.45) is 0 Å². The first kappa shape index (κ1) is 18.1. The van der Waals surface area contributed by atoms with Gasteiger partial charge in [0.25, 0.3) is 0 Å². The van der Waals surface area contributed by atoms with Gasteiger partial charge in [-0.25, -0.2) is 14.8 Å². The maximum Gasteiger partial charge on any atom is 0.320 e. The maximum absolute atomic E-state index is 12.2. The number of pyridine rings is 1. The van der Waals surface area contributed by atoms with Crippen LogP contribution in [0.25, 0.3) is 0 Å². The summed E-state index contributed by atoms with van der Waals surface area (Å²) in [6, 6.07) is 5.93. The zero-order valence-electron chi connectivity index (χ0n) is 15.1. The quantitative estimate of drug-likeness (QED) is 0.853. The number of nitrogens with zero attached hydrogens (tertiary/aromatic N) is 4. The number of ether oxygens (including phenoxy) is 1. The van der Waals surface area contributed by atoms with Gasteiger partial charge in [-0.05, 0) is 37.5 Å². The van der Waals surface area contributed by atoms with Gasteiger partial charge in [0.2, 0.25) is 5.88 Å². The van der Waals surface area contributed by atoms with E-state index < -0.39 is 0 Å². The molecule has 8 nitrogen and oxygen atoms in total. The molecule has 1 unspecified atom stereocenters. The van der Waals surface area contributed by atoms with Gasteiger partial charge in [-0.1, -0.05) is 0 Å². The molecule has 1 atom stereocenters. The molecule has 2 amide bonds. The van der Waals surface area contributed by atoms with Crippen molar-refractivity contribution < 1.29 is 9.53 Å². The van der Waals surface area contributed by atoms with Crippen molar-refractivity contribution in [1.82, 2.24) is 25.2 Å². The summed E-state index contributed by atoms with van der Waals surface area (Å²) in [6.07, 6.45) is 6.83. The Morgan fingerprint density at radius 2 is 2.00 bits per heavy atom. The fourth-order valence-corrected chi connectivity index (χ4v) is 3.14. The molecule has 138 valence electrons. The molecular weight excluding hydrogens is 332 g/mol. The number of hydrogen-bond acceptors (Lipinski definition) is 6. The third-order valence-electron chi connectivity index (χ3n) is 4.69. The Morgan fingerprint density at radius 3 is 2.69 bits per heavy atom. The molecule has 0 bridgehead atoms. The number of carbonyl (C=O) groups is 1. The predicted molar refractivity (Wildman–Crippen MR) is 98.0 cm³/mol. The second kappa shape index (κ2) is 8.57. The molecular formula is C18H24N6O2. The third kappa shape index (κ3) is 4.66. The van der Waals surface area contributed by atoms with E-state index in [2.05, 4.69) is 49.5 Å². The first-order chi connectivity index (χ1) is 12.7. The molecule has 0 spiro atoms. The lowest BCUT2D eigenvalue weighted by atomic mass is 10.0. The van der Waals surface area contributed by atoms with Gasteiger partial charge in [-0.3, -0.25) is 15.2 Å². The van der Waals surface area contributed by atoms with Crippen molar-refractivity contribution in [3.05, 3.63) is 42.5 Å². The van der Waals surface area contributed by atoms with Crippen LogP contribution in [0.15, 0.2) is 36.9 Å². The number of urea groups is 1. The molecule has 1 fully saturated rings. The van der Waals surface area contributed by atoms with Gasteiger partial charge < -0.3 is 10.1 Å². The summed E-state index contributed by atoms with van der Waals surface area (Å²) in [5.74, 6) is 0.826.